The van der Waals surface area contributed by atoms with E-state index < -0.39 is 5.41 Å². The Kier molecular flexibility index (Phi) is 6.59. The van der Waals surface area contributed by atoms with Crippen LogP contribution in [0.3, 0.4) is 0 Å². The number of nitrogens with zero attached hydrogens (tertiary/aromatic N) is 1. The first-order chi connectivity index (χ1) is 13.7. The number of nitrogens with one attached hydrogen (secondary N) is 1. The lowest BCUT2D eigenvalue weighted by Gasteiger charge is -2.28. The highest BCUT2D eigenvalue weighted by atomic mass is 35.5. The first-order valence-electron chi connectivity index (χ1n) is 9.74. The molecule has 0 saturated carbocycles. The van der Waals surface area contributed by atoms with Crippen LogP contribution in [0.25, 0.3) is 0 Å². The normalized spacial score (nSPS) is 17.1. The summed E-state index contributed by atoms with van der Waals surface area (Å²) >= 11 is 7.51. The molecular weight excluding hydrogens is 404 g/mol. The molecule has 0 spiro atoms. The molecule has 0 aliphatic carbocycles. The van der Waals surface area contributed by atoms with E-state index in [0.717, 1.165) is 16.9 Å². The number of alkyl halides is 1. The van der Waals surface area contributed by atoms with Gasteiger partial charge in [-0.15, -0.1) is 23.4 Å². The Labute approximate surface area is 182 Å². The van der Waals surface area contributed by atoms with Gasteiger partial charge in [-0.1, -0.05) is 44.2 Å². The van der Waals surface area contributed by atoms with Gasteiger partial charge in [0.25, 0.3) is 0 Å². The summed E-state index contributed by atoms with van der Waals surface area (Å²) in [5.41, 5.74) is 3.27. The topological polar surface area (TPSA) is 49.4 Å². The minimum absolute atomic E-state index is 0.0774. The third-order valence-electron chi connectivity index (χ3n) is 5.09. The fourth-order valence-electron chi connectivity index (χ4n) is 3.22. The summed E-state index contributed by atoms with van der Waals surface area (Å²) in [5.74, 6) is 1.04. The molecule has 6 heteroatoms. The first kappa shape index (κ1) is 21.7. The number of carbonyl (C=O) groups is 2. The summed E-state index contributed by atoms with van der Waals surface area (Å²) in [5, 5.41) is 2.84. The number of benzene rings is 2. The summed E-state index contributed by atoms with van der Waals surface area (Å²) in [6.07, 6.45) is 0. The number of hydrogen-bond donors (Lipinski definition) is 1. The lowest BCUT2D eigenvalue weighted by molar-refractivity contribution is -0.123. The fraction of sp³-hybridized carbons (Fsp3) is 0.391. The molecule has 2 aromatic carbocycles. The van der Waals surface area contributed by atoms with E-state index in [2.05, 4.69) is 25.2 Å². The van der Waals surface area contributed by atoms with Gasteiger partial charge in [0.05, 0.1) is 11.2 Å². The van der Waals surface area contributed by atoms with Crippen molar-refractivity contribution in [2.75, 3.05) is 21.8 Å². The number of carbonyl (C=O) groups excluding carboxylic acids is 2. The van der Waals surface area contributed by atoms with Crippen molar-refractivity contribution < 1.29 is 9.59 Å². The standard InChI is InChI=1S/C23H27ClN2O2S/c1-15(2)18-7-5-6-8-19(18)26-20(27)13-29-21(26)16-9-11-17(12-10-16)25-22(28)23(3,4)14-24/h5-12,15,21H,13-14H2,1-4H3,(H,25,28)/t21-/m0/s1. The third kappa shape index (κ3) is 4.62. The van der Waals surface area contributed by atoms with Crippen molar-refractivity contribution in [2.24, 2.45) is 5.41 Å². The van der Waals surface area contributed by atoms with Crippen molar-refractivity contribution in [1.82, 2.24) is 0 Å². The van der Waals surface area contributed by atoms with Gasteiger partial charge in [-0.2, -0.15) is 0 Å². The molecule has 0 aromatic heterocycles. The molecular formula is C23H27ClN2O2S. The van der Waals surface area contributed by atoms with Crippen LogP contribution in [0.5, 0.6) is 0 Å². The molecule has 4 nitrogen and oxygen atoms in total. The Morgan fingerprint density at radius 3 is 2.48 bits per heavy atom. The van der Waals surface area contributed by atoms with Crippen molar-refractivity contribution in [1.29, 1.82) is 0 Å². The van der Waals surface area contributed by atoms with Gasteiger partial charge in [0, 0.05) is 17.3 Å². The summed E-state index contributed by atoms with van der Waals surface area (Å²) < 4.78 is 0. The summed E-state index contributed by atoms with van der Waals surface area (Å²) in [6, 6.07) is 15.8. The number of para-hydroxylation sites is 1. The van der Waals surface area contributed by atoms with Crippen molar-refractivity contribution in [3.8, 4) is 0 Å². The van der Waals surface area contributed by atoms with Crippen LogP contribution >= 0.6 is 23.4 Å². The molecule has 0 radical (unpaired) electrons. The quantitative estimate of drug-likeness (QED) is 0.590. The minimum atomic E-state index is -0.634. The van der Waals surface area contributed by atoms with Crippen LogP contribution in [-0.4, -0.2) is 23.4 Å². The van der Waals surface area contributed by atoms with E-state index in [4.69, 9.17) is 11.6 Å². The summed E-state index contributed by atoms with van der Waals surface area (Å²) in [6.45, 7) is 7.91. The van der Waals surface area contributed by atoms with Crippen LogP contribution in [0.1, 0.15) is 50.1 Å². The Hall–Kier alpha value is -1.98. The van der Waals surface area contributed by atoms with Crippen LogP contribution in [0.4, 0.5) is 11.4 Å². The highest BCUT2D eigenvalue weighted by molar-refractivity contribution is 8.00. The number of rotatable bonds is 6. The van der Waals surface area contributed by atoms with Crippen molar-refractivity contribution in [3.05, 3.63) is 59.7 Å². The molecule has 1 aliphatic rings. The molecule has 29 heavy (non-hydrogen) atoms. The lowest BCUT2D eigenvalue weighted by Crippen LogP contribution is -2.32. The molecule has 1 N–H and O–H groups in total. The average molecular weight is 431 g/mol. The average Bonchev–Trinajstić information content (AvgIpc) is 3.09. The maximum absolute atomic E-state index is 12.7. The van der Waals surface area contributed by atoms with Gasteiger partial charge < -0.3 is 5.32 Å². The molecule has 1 saturated heterocycles. The van der Waals surface area contributed by atoms with E-state index >= 15 is 0 Å². The van der Waals surface area contributed by atoms with Crippen LogP contribution in [0.2, 0.25) is 0 Å². The smallest absolute Gasteiger partial charge is 0.238 e. The van der Waals surface area contributed by atoms with Gasteiger partial charge in [0.15, 0.2) is 0 Å². The highest BCUT2D eigenvalue weighted by Gasteiger charge is 2.35. The van der Waals surface area contributed by atoms with E-state index in [1.807, 2.05) is 61.2 Å². The molecule has 154 valence electrons. The fourth-order valence-corrected chi connectivity index (χ4v) is 4.51. The second-order valence-electron chi connectivity index (χ2n) is 8.23. The maximum atomic E-state index is 12.7. The predicted octanol–water partition coefficient (Wildman–Crippen LogP) is 5.79. The Balaban J connectivity index is 1.85. The van der Waals surface area contributed by atoms with Crippen LogP contribution in [0.15, 0.2) is 48.5 Å². The zero-order valence-electron chi connectivity index (χ0n) is 17.2. The van der Waals surface area contributed by atoms with Crippen LogP contribution in [-0.2, 0) is 9.59 Å². The zero-order chi connectivity index (χ0) is 21.2. The van der Waals surface area contributed by atoms with Crippen LogP contribution < -0.4 is 10.2 Å². The zero-order valence-corrected chi connectivity index (χ0v) is 18.8. The largest absolute Gasteiger partial charge is 0.326 e. The Morgan fingerprint density at radius 1 is 1.21 bits per heavy atom. The van der Waals surface area contributed by atoms with Gasteiger partial charge in [-0.05, 0) is 49.1 Å². The Bertz CT molecular complexity index is 896. The SMILES string of the molecule is CC(C)c1ccccc1N1C(=O)CS[C@H]1c1ccc(NC(=O)C(C)(C)CCl)cc1. The second kappa shape index (κ2) is 8.80. The van der Waals surface area contributed by atoms with E-state index in [1.165, 1.54) is 5.56 Å². The molecule has 3 rings (SSSR count). The van der Waals surface area contributed by atoms with E-state index in [-0.39, 0.29) is 23.1 Å². The highest BCUT2D eigenvalue weighted by Crippen LogP contribution is 2.44. The predicted molar refractivity (Wildman–Crippen MR) is 123 cm³/mol. The number of amides is 2. The third-order valence-corrected chi connectivity index (χ3v) is 6.97. The van der Waals surface area contributed by atoms with Gasteiger partial charge in [-0.3, -0.25) is 14.5 Å². The van der Waals surface area contributed by atoms with Gasteiger partial charge >= 0.3 is 0 Å². The molecule has 1 aliphatic heterocycles. The first-order valence-corrected chi connectivity index (χ1v) is 11.3. The molecule has 1 atom stereocenters. The summed E-state index contributed by atoms with van der Waals surface area (Å²) in [7, 11) is 0. The van der Waals surface area contributed by atoms with Gasteiger partial charge in [0.1, 0.15) is 5.37 Å². The van der Waals surface area contributed by atoms with Gasteiger partial charge in [0.2, 0.25) is 11.8 Å². The number of hydrogen-bond acceptors (Lipinski definition) is 3. The van der Waals surface area contributed by atoms with Crippen molar-refractivity contribution in [3.63, 3.8) is 0 Å². The van der Waals surface area contributed by atoms with E-state index in [9.17, 15) is 9.59 Å². The number of anilines is 2. The Morgan fingerprint density at radius 2 is 1.86 bits per heavy atom. The minimum Gasteiger partial charge on any atom is -0.326 e. The van der Waals surface area contributed by atoms with Gasteiger partial charge in [-0.25, -0.2) is 0 Å². The molecule has 2 amide bonds. The molecule has 0 unspecified atom stereocenters. The number of thioether (sulfide) groups is 1. The molecule has 1 fully saturated rings. The van der Waals surface area contributed by atoms with Crippen molar-refractivity contribution in [2.45, 2.75) is 39.0 Å². The van der Waals surface area contributed by atoms with Crippen molar-refractivity contribution >= 4 is 46.6 Å². The maximum Gasteiger partial charge on any atom is 0.238 e. The molecule has 0 bridgehead atoms. The second-order valence-corrected chi connectivity index (χ2v) is 9.57. The van der Waals surface area contributed by atoms with E-state index in [0.29, 0.717) is 11.7 Å². The summed E-state index contributed by atoms with van der Waals surface area (Å²) in [4.78, 5) is 27.0. The molecule has 1 heterocycles. The van der Waals surface area contributed by atoms with Crippen LogP contribution in [0, 0.1) is 5.41 Å². The molecule has 2 aromatic rings. The van der Waals surface area contributed by atoms with E-state index in [1.54, 1.807) is 11.8 Å². The monoisotopic (exact) mass is 430 g/mol. The lowest BCUT2D eigenvalue weighted by atomic mass is 9.95. The number of halogens is 1.